The standard InChI is InChI=1S/C21H21ClN4O4/c22-16-4-3-5-17(12-16)24-19(27)14-30-18-8-6-15(7-9-18)13-23-25-20(28)21(29)26-10-1-2-11-26/h3-9,12-13H,1-2,10-11,14H2,(H,24,27)(H,25,28)/b23-13-. The highest BCUT2D eigenvalue weighted by Crippen LogP contribution is 2.15. The summed E-state index contributed by atoms with van der Waals surface area (Å²) in [5.41, 5.74) is 3.52. The van der Waals surface area contributed by atoms with Crippen molar-refractivity contribution >= 4 is 41.2 Å². The van der Waals surface area contributed by atoms with Gasteiger partial charge in [0.2, 0.25) is 0 Å². The maximum absolute atomic E-state index is 11.9. The minimum Gasteiger partial charge on any atom is -0.484 e. The first kappa shape index (κ1) is 21.3. The molecule has 0 aliphatic carbocycles. The first-order valence-electron chi connectivity index (χ1n) is 9.42. The first-order chi connectivity index (χ1) is 14.5. The molecule has 1 aliphatic heterocycles. The van der Waals surface area contributed by atoms with Crippen molar-refractivity contribution in [1.82, 2.24) is 10.3 Å². The molecule has 1 fully saturated rings. The van der Waals surface area contributed by atoms with Crippen LogP contribution in [0.4, 0.5) is 5.69 Å². The van der Waals surface area contributed by atoms with Crippen LogP contribution < -0.4 is 15.5 Å². The van der Waals surface area contributed by atoms with Gasteiger partial charge in [-0.05, 0) is 60.9 Å². The number of hydrazone groups is 1. The van der Waals surface area contributed by atoms with E-state index in [1.807, 2.05) is 0 Å². The second kappa shape index (κ2) is 10.4. The van der Waals surface area contributed by atoms with Gasteiger partial charge in [0.15, 0.2) is 6.61 Å². The lowest BCUT2D eigenvalue weighted by molar-refractivity contribution is -0.145. The van der Waals surface area contributed by atoms with E-state index in [0.29, 0.717) is 35.1 Å². The number of ether oxygens (including phenoxy) is 1. The number of nitrogens with zero attached hydrogens (tertiary/aromatic N) is 2. The summed E-state index contributed by atoms with van der Waals surface area (Å²) in [6, 6.07) is 13.6. The Morgan fingerprint density at radius 3 is 2.53 bits per heavy atom. The minimum atomic E-state index is -0.751. The van der Waals surface area contributed by atoms with E-state index in [1.165, 1.54) is 11.1 Å². The summed E-state index contributed by atoms with van der Waals surface area (Å²) in [6.45, 7) is 1.05. The quantitative estimate of drug-likeness (QED) is 0.419. The van der Waals surface area contributed by atoms with Gasteiger partial charge in [-0.2, -0.15) is 5.10 Å². The van der Waals surface area contributed by atoms with Crippen LogP contribution >= 0.6 is 11.6 Å². The maximum atomic E-state index is 11.9. The Morgan fingerprint density at radius 2 is 1.83 bits per heavy atom. The van der Waals surface area contributed by atoms with E-state index in [4.69, 9.17) is 16.3 Å². The molecule has 9 heteroatoms. The molecule has 3 rings (SSSR count). The topological polar surface area (TPSA) is 100 Å². The van der Waals surface area contributed by atoms with Gasteiger partial charge < -0.3 is 15.0 Å². The highest BCUT2D eigenvalue weighted by molar-refractivity contribution is 6.35. The fourth-order valence-corrected chi connectivity index (χ4v) is 3.03. The average molecular weight is 429 g/mol. The summed E-state index contributed by atoms with van der Waals surface area (Å²) >= 11 is 5.88. The number of likely N-dealkylation sites (tertiary alicyclic amines) is 1. The largest absolute Gasteiger partial charge is 0.484 e. The van der Waals surface area contributed by atoms with Crippen molar-refractivity contribution in [1.29, 1.82) is 0 Å². The molecule has 0 aromatic heterocycles. The molecule has 0 saturated carbocycles. The Hall–Kier alpha value is -3.39. The molecular weight excluding hydrogens is 408 g/mol. The van der Waals surface area contributed by atoms with Crippen LogP contribution in [0.25, 0.3) is 0 Å². The lowest BCUT2D eigenvalue weighted by atomic mass is 10.2. The Bertz CT molecular complexity index is 940. The van der Waals surface area contributed by atoms with Gasteiger partial charge in [0, 0.05) is 23.8 Å². The predicted molar refractivity (Wildman–Crippen MR) is 114 cm³/mol. The number of halogens is 1. The molecule has 156 valence electrons. The van der Waals surface area contributed by atoms with Crippen LogP contribution in [0.1, 0.15) is 18.4 Å². The highest BCUT2D eigenvalue weighted by Gasteiger charge is 2.23. The number of carbonyl (C=O) groups excluding carboxylic acids is 3. The van der Waals surface area contributed by atoms with Crippen molar-refractivity contribution in [2.24, 2.45) is 5.10 Å². The van der Waals surface area contributed by atoms with Crippen molar-refractivity contribution in [2.45, 2.75) is 12.8 Å². The van der Waals surface area contributed by atoms with Crippen LogP contribution in [0, 0.1) is 0 Å². The van der Waals surface area contributed by atoms with Gasteiger partial charge >= 0.3 is 11.8 Å². The van der Waals surface area contributed by atoms with E-state index in [9.17, 15) is 14.4 Å². The molecular formula is C21H21ClN4O4. The summed E-state index contributed by atoms with van der Waals surface area (Å²) in [5.74, 6) is -1.13. The van der Waals surface area contributed by atoms with Gasteiger partial charge in [0.1, 0.15) is 5.75 Å². The zero-order valence-electron chi connectivity index (χ0n) is 16.1. The Labute approximate surface area is 178 Å². The van der Waals surface area contributed by atoms with E-state index in [2.05, 4.69) is 15.8 Å². The molecule has 1 saturated heterocycles. The van der Waals surface area contributed by atoms with Gasteiger partial charge in [-0.15, -0.1) is 0 Å². The van der Waals surface area contributed by atoms with E-state index in [1.54, 1.807) is 48.5 Å². The van der Waals surface area contributed by atoms with Crippen LogP contribution in [0.15, 0.2) is 53.6 Å². The molecule has 0 spiro atoms. The third-order valence-electron chi connectivity index (χ3n) is 4.33. The van der Waals surface area contributed by atoms with Crippen molar-refractivity contribution in [3.05, 3.63) is 59.1 Å². The summed E-state index contributed by atoms with van der Waals surface area (Å²) in [4.78, 5) is 37.1. The summed E-state index contributed by atoms with van der Waals surface area (Å²) < 4.78 is 5.45. The first-order valence-corrected chi connectivity index (χ1v) is 9.79. The molecule has 2 aromatic carbocycles. The molecule has 1 aliphatic rings. The van der Waals surface area contributed by atoms with Gasteiger partial charge in [0.25, 0.3) is 5.91 Å². The number of anilines is 1. The van der Waals surface area contributed by atoms with Crippen molar-refractivity contribution in [2.75, 3.05) is 25.0 Å². The zero-order chi connectivity index (χ0) is 21.3. The lowest BCUT2D eigenvalue weighted by Crippen LogP contribution is -2.39. The van der Waals surface area contributed by atoms with E-state index in [-0.39, 0.29) is 12.5 Å². The SMILES string of the molecule is O=C(COc1ccc(/C=N\NC(=O)C(=O)N2CCCC2)cc1)Nc1cccc(Cl)c1. The Kier molecular flexibility index (Phi) is 7.40. The van der Waals surface area contributed by atoms with E-state index < -0.39 is 11.8 Å². The number of nitrogens with one attached hydrogen (secondary N) is 2. The second-order valence-corrected chi connectivity index (χ2v) is 7.05. The molecule has 8 nitrogen and oxygen atoms in total. The molecule has 0 radical (unpaired) electrons. The summed E-state index contributed by atoms with van der Waals surface area (Å²) in [7, 11) is 0. The van der Waals surface area contributed by atoms with Crippen molar-refractivity contribution in [3.8, 4) is 5.75 Å². The third kappa shape index (κ3) is 6.31. The number of amides is 3. The second-order valence-electron chi connectivity index (χ2n) is 6.61. The number of benzene rings is 2. The van der Waals surface area contributed by atoms with Gasteiger partial charge in [0.05, 0.1) is 6.21 Å². The fourth-order valence-electron chi connectivity index (χ4n) is 2.84. The molecule has 0 atom stereocenters. The number of hydrogen-bond donors (Lipinski definition) is 2. The Morgan fingerprint density at radius 1 is 1.10 bits per heavy atom. The van der Waals surface area contributed by atoms with E-state index in [0.717, 1.165) is 12.8 Å². The normalized spacial score (nSPS) is 13.3. The smallest absolute Gasteiger partial charge is 0.329 e. The number of carbonyl (C=O) groups is 3. The number of hydrogen-bond acceptors (Lipinski definition) is 5. The van der Waals surface area contributed by atoms with Gasteiger partial charge in [-0.3, -0.25) is 14.4 Å². The summed E-state index contributed by atoms with van der Waals surface area (Å²) in [6.07, 6.45) is 3.25. The lowest BCUT2D eigenvalue weighted by Gasteiger charge is -2.12. The highest BCUT2D eigenvalue weighted by atomic mass is 35.5. The van der Waals surface area contributed by atoms with Crippen LogP contribution in [0.5, 0.6) is 5.75 Å². The molecule has 2 aromatic rings. The number of rotatable bonds is 6. The van der Waals surface area contributed by atoms with E-state index >= 15 is 0 Å². The maximum Gasteiger partial charge on any atom is 0.329 e. The average Bonchev–Trinajstić information content (AvgIpc) is 3.27. The third-order valence-corrected chi connectivity index (χ3v) is 4.56. The minimum absolute atomic E-state index is 0.158. The van der Waals surface area contributed by atoms with Crippen LogP contribution in [0.3, 0.4) is 0 Å². The molecule has 1 heterocycles. The van der Waals surface area contributed by atoms with Gasteiger partial charge in [-0.1, -0.05) is 17.7 Å². The van der Waals surface area contributed by atoms with Crippen LogP contribution in [-0.2, 0) is 14.4 Å². The molecule has 30 heavy (non-hydrogen) atoms. The summed E-state index contributed by atoms with van der Waals surface area (Å²) in [5, 5.41) is 7.03. The van der Waals surface area contributed by atoms with Gasteiger partial charge in [-0.25, -0.2) is 5.43 Å². The molecule has 2 N–H and O–H groups in total. The zero-order valence-corrected chi connectivity index (χ0v) is 16.9. The molecule has 0 bridgehead atoms. The predicted octanol–water partition coefficient (Wildman–Crippen LogP) is 2.43. The van der Waals surface area contributed by atoms with Crippen LogP contribution in [0.2, 0.25) is 5.02 Å². The molecule has 3 amide bonds. The van der Waals surface area contributed by atoms with Crippen molar-refractivity contribution < 1.29 is 19.1 Å². The van der Waals surface area contributed by atoms with Crippen molar-refractivity contribution in [3.63, 3.8) is 0 Å². The molecule has 0 unspecified atom stereocenters. The monoisotopic (exact) mass is 428 g/mol. The fraction of sp³-hybridized carbons (Fsp3) is 0.238. The Balaban J connectivity index is 1.43. The van der Waals surface area contributed by atoms with Crippen LogP contribution in [-0.4, -0.2) is 48.5 Å².